The average Bonchev–Trinajstić information content (AvgIpc) is 2.68. The van der Waals surface area contributed by atoms with E-state index in [1.54, 1.807) is 0 Å². The summed E-state index contributed by atoms with van der Waals surface area (Å²) in [4.78, 5) is 14.0. The molecule has 1 aliphatic heterocycles. The van der Waals surface area contributed by atoms with E-state index in [1.807, 2.05) is 4.90 Å². The Labute approximate surface area is 117 Å². The highest BCUT2D eigenvalue weighted by molar-refractivity contribution is 9.09. The summed E-state index contributed by atoms with van der Waals surface area (Å²) in [5.74, 6) is 0.747. The quantitative estimate of drug-likeness (QED) is 0.781. The van der Waals surface area contributed by atoms with Gasteiger partial charge in [0.2, 0.25) is 5.91 Å². The normalized spacial score (nSPS) is 21.4. The summed E-state index contributed by atoms with van der Waals surface area (Å²) in [6, 6.07) is 6.72. The van der Waals surface area contributed by atoms with Crippen molar-refractivity contribution in [2.75, 3.05) is 11.9 Å². The molecule has 0 aromatic heterocycles. The highest BCUT2D eigenvalue weighted by atomic mass is 79.9. The Bertz CT molecular complexity index is 438. The van der Waals surface area contributed by atoms with Crippen LogP contribution in [-0.2, 0) is 4.79 Å². The minimum absolute atomic E-state index is 0.181. The summed E-state index contributed by atoms with van der Waals surface area (Å²) < 4.78 is 0. The second-order valence-electron chi connectivity index (χ2n) is 5.37. The van der Waals surface area contributed by atoms with Gasteiger partial charge in [0.1, 0.15) is 0 Å². The number of nitrogens with zero attached hydrogens (tertiary/aromatic N) is 1. The number of hydrogen-bond acceptors (Lipinski definition) is 1. The standard InChI is InChI=1S/C15H20BrNO/c1-10-4-11(2)6-14(5-10)12(3)17-9-13(8-16)7-15(17)18/h4-6,12-13H,7-9H2,1-3H3. The van der Waals surface area contributed by atoms with Gasteiger partial charge in [-0.15, -0.1) is 0 Å². The molecular formula is C15H20BrNO. The monoisotopic (exact) mass is 309 g/mol. The molecule has 0 aliphatic carbocycles. The van der Waals surface area contributed by atoms with Crippen LogP contribution in [0, 0.1) is 19.8 Å². The van der Waals surface area contributed by atoms with Crippen molar-refractivity contribution < 1.29 is 4.79 Å². The Hall–Kier alpha value is -0.830. The SMILES string of the molecule is Cc1cc(C)cc(C(C)N2CC(CBr)CC2=O)c1. The van der Waals surface area contributed by atoms with E-state index in [4.69, 9.17) is 0 Å². The van der Waals surface area contributed by atoms with Gasteiger partial charge in [-0.1, -0.05) is 45.3 Å². The molecule has 1 heterocycles. The molecule has 0 N–H and O–H groups in total. The molecule has 2 nitrogen and oxygen atoms in total. The predicted octanol–water partition coefficient (Wildman–Crippen LogP) is 3.61. The van der Waals surface area contributed by atoms with Gasteiger partial charge in [-0.2, -0.15) is 0 Å². The molecule has 2 unspecified atom stereocenters. The van der Waals surface area contributed by atoms with Crippen molar-refractivity contribution in [2.45, 2.75) is 33.2 Å². The first-order valence-electron chi connectivity index (χ1n) is 6.45. The van der Waals surface area contributed by atoms with Gasteiger partial charge in [0.15, 0.2) is 0 Å². The topological polar surface area (TPSA) is 20.3 Å². The van der Waals surface area contributed by atoms with Gasteiger partial charge < -0.3 is 4.90 Å². The molecule has 1 amide bonds. The van der Waals surface area contributed by atoms with Gasteiger partial charge in [0.05, 0.1) is 6.04 Å². The van der Waals surface area contributed by atoms with Crippen LogP contribution in [-0.4, -0.2) is 22.7 Å². The van der Waals surface area contributed by atoms with E-state index in [9.17, 15) is 4.79 Å². The van der Waals surface area contributed by atoms with Crippen LogP contribution >= 0.6 is 15.9 Å². The zero-order chi connectivity index (χ0) is 13.3. The summed E-state index contributed by atoms with van der Waals surface area (Å²) in [5.41, 5.74) is 3.78. The fraction of sp³-hybridized carbons (Fsp3) is 0.533. The van der Waals surface area contributed by atoms with E-state index in [0.717, 1.165) is 11.9 Å². The molecule has 18 heavy (non-hydrogen) atoms. The van der Waals surface area contributed by atoms with Crippen LogP contribution in [0.4, 0.5) is 0 Å². The minimum Gasteiger partial charge on any atom is -0.336 e. The molecule has 1 fully saturated rings. The van der Waals surface area contributed by atoms with E-state index in [-0.39, 0.29) is 11.9 Å². The lowest BCUT2D eigenvalue weighted by Crippen LogP contribution is -2.28. The fourth-order valence-corrected chi connectivity index (χ4v) is 3.15. The fourth-order valence-electron chi connectivity index (χ4n) is 2.72. The predicted molar refractivity (Wildman–Crippen MR) is 77.9 cm³/mol. The first-order valence-corrected chi connectivity index (χ1v) is 7.57. The summed E-state index contributed by atoms with van der Waals surface area (Å²) in [7, 11) is 0. The van der Waals surface area contributed by atoms with Gasteiger partial charge in [-0.05, 0) is 32.3 Å². The van der Waals surface area contributed by atoms with Crippen LogP contribution in [0.3, 0.4) is 0 Å². The lowest BCUT2D eigenvalue weighted by atomic mass is 10.0. The molecule has 1 aromatic rings. The van der Waals surface area contributed by atoms with E-state index in [1.165, 1.54) is 16.7 Å². The zero-order valence-electron chi connectivity index (χ0n) is 11.2. The number of amides is 1. The third-order valence-corrected chi connectivity index (χ3v) is 4.57. The second-order valence-corrected chi connectivity index (χ2v) is 6.02. The van der Waals surface area contributed by atoms with E-state index < -0.39 is 0 Å². The summed E-state index contributed by atoms with van der Waals surface area (Å²) in [6.07, 6.45) is 0.681. The molecule has 0 bridgehead atoms. The molecule has 1 aromatic carbocycles. The number of hydrogen-bond donors (Lipinski definition) is 0. The van der Waals surface area contributed by atoms with Crippen molar-refractivity contribution >= 4 is 21.8 Å². The average molecular weight is 310 g/mol. The highest BCUT2D eigenvalue weighted by Gasteiger charge is 2.32. The number of rotatable bonds is 3. The first-order chi connectivity index (χ1) is 8.51. The van der Waals surface area contributed by atoms with Crippen molar-refractivity contribution in [3.8, 4) is 0 Å². The van der Waals surface area contributed by atoms with Crippen LogP contribution in [0.2, 0.25) is 0 Å². The lowest BCUT2D eigenvalue weighted by molar-refractivity contribution is -0.129. The number of alkyl halides is 1. The summed E-state index contributed by atoms with van der Waals surface area (Å²) in [5, 5.41) is 0.912. The number of aryl methyl sites for hydroxylation is 2. The maximum Gasteiger partial charge on any atom is 0.223 e. The van der Waals surface area contributed by atoms with E-state index >= 15 is 0 Å². The van der Waals surface area contributed by atoms with Crippen LogP contribution < -0.4 is 0 Å². The van der Waals surface area contributed by atoms with E-state index in [0.29, 0.717) is 12.3 Å². The molecular weight excluding hydrogens is 290 g/mol. The Kier molecular flexibility index (Phi) is 4.10. The van der Waals surface area contributed by atoms with Crippen LogP contribution in [0.25, 0.3) is 0 Å². The van der Waals surface area contributed by atoms with Gasteiger partial charge in [-0.3, -0.25) is 4.79 Å². The molecule has 2 atom stereocenters. The molecule has 98 valence electrons. The Balaban J connectivity index is 2.20. The number of benzene rings is 1. The van der Waals surface area contributed by atoms with Crippen LogP contribution in [0.15, 0.2) is 18.2 Å². The molecule has 1 aliphatic rings. The third-order valence-electron chi connectivity index (χ3n) is 3.65. The maximum atomic E-state index is 12.0. The Morgan fingerprint density at radius 3 is 2.44 bits per heavy atom. The van der Waals surface area contributed by atoms with Gasteiger partial charge in [0, 0.05) is 18.3 Å². The van der Waals surface area contributed by atoms with Crippen LogP contribution in [0.5, 0.6) is 0 Å². The van der Waals surface area contributed by atoms with Gasteiger partial charge in [-0.25, -0.2) is 0 Å². The number of halogens is 1. The number of carbonyl (C=O) groups is 1. The molecule has 1 saturated heterocycles. The molecule has 0 saturated carbocycles. The third kappa shape index (κ3) is 2.77. The lowest BCUT2D eigenvalue weighted by Gasteiger charge is -2.25. The van der Waals surface area contributed by atoms with Crippen LogP contribution in [0.1, 0.15) is 36.1 Å². The van der Waals surface area contributed by atoms with E-state index in [2.05, 4.69) is 54.9 Å². The summed E-state index contributed by atoms with van der Waals surface area (Å²) >= 11 is 3.48. The molecule has 3 heteroatoms. The highest BCUT2D eigenvalue weighted by Crippen LogP contribution is 2.30. The van der Waals surface area contributed by atoms with Crippen molar-refractivity contribution in [1.82, 2.24) is 4.90 Å². The minimum atomic E-state index is 0.181. The van der Waals surface area contributed by atoms with Crippen molar-refractivity contribution in [3.63, 3.8) is 0 Å². The van der Waals surface area contributed by atoms with Gasteiger partial charge >= 0.3 is 0 Å². The maximum absolute atomic E-state index is 12.0. The molecule has 0 spiro atoms. The Morgan fingerprint density at radius 2 is 1.94 bits per heavy atom. The van der Waals surface area contributed by atoms with Crippen molar-refractivity contribution in [1.29, 1.82) is 0 Å². The smallest absolute Gasteiger partial charge is 0.223 e. The summed E-state index contributed by atoms with van der Waals surface area (Å²) in [6.45, 7) is 7.22. The number of likely N-dealkylation sites (tertiary alicyclic amines) is 1. The molecule has 2 rings (SSSR count). The Morgan fingerprint density at radius 1 is 1.33 bits per heavy atom. The number of carbonyl (C=O) groups excluding carboxylic acids is 1. The van der Waals surface area contributed by atoms with Crippen molar-refractivity contribution in [3.05, 3.63) is 34.9 Å². The molecule has 0 radical (unpaired) electrons. The zero-order valence-corrected chi connectivity index (χ0v) is 12.8. The van der Waals surface area contributed by atoms with Crippen molar-refractivity contribution in [2.24, 2.45) is 5.92 Å². The second kappa shape index (κ2) is 5.43. The van der Waals surface area contributed by atoms with Gasteiger partial charge in [0.25, 0.3) is 0 Å². The first kappa shape index (κ1) is 13.6. The largest absolute Gasteiger partial charge is 0.336 e.